The second kappa shape index (κ2) is 7.14. The van der Waals surface area contributed by atoms with E-state index in [0.717, 1.165) is 61.0 Å². The van der Waals surface area contributed by atoms with Crippen LogP contribution in [0.4, 0.5) is 5.95 Å². The lowest BCUT2D eigenvalue weighted by Gasteiger charge is -2.41. The van der Waals surface area contributed by atoms with Gasteiger partial charge in [-0.05, 0) is 37.8 Å². The molecule has 2 heterocycles. The van der Waals surface area contributed by atoms with Crippen molar-refractivity contribution in [1.82, 2.24) is 14.7 Å². The lowest BCUT2D eigenvalue weighted by molar-refractivity contribution is 0.100. The Bertz CT molecular complexity index is 1020. The fourth-order valence-electron chi connectivity index (χ4n) is 3.74. The first-order chi connectivity index (χ1) is 13.3. The van der Waals surface area contributed by atoms with E-state index < -0.39 is 15.9 Å². The van der Waals surface area contributed by atoms with Gasteiger partial charge in [0.2, 0.25) is 21.9 Å². The normalized spacial score (nSPS) is 18.6. The molecule has 1 aromatic heterocycles. The van der Waals surface area contributed by atoms with Crippen LogP contribution in [0.2, 0.25) is 0 Å². The molecule has 1 aliphatic carbocycles. The van der Waals surface area contributed by atoms with Crippen LogP contribution in [0.15, 0.2) is 24.3 Å². The summed E-state index contributed by atoms with van der Waals surface area (Å²) >= 11 is 0. The summed E-state index contributed by atoms with van der Waals surface area (Å²) in [4.78, 5) is 23.0. The third-order valence-electron chi connectivity index (χ3n) is 5.35. The Morgan fingerprint density at radius 2 is 2.00 bits per heavy atom. The van der Waals surface area contributed by atoms with Gasteiger partial charge in [0.15, 0.2) is 0 Å². The topological polar surface area (TPSA) is 118 Å². The number of nitrogens with one attached hydrogen (secondary N) is 1. The fraction of sp³-hybridized carbons (Fsp3) is 0.421. The molecule has 1 fully saturated rings. The van der Waals surface area contributed by atoms with Crippen molar-refractivity contribution in [3.05, 3.63) is 41.1 Å². The van der Waals surface area contributed by atoms with E-state index in [-0.39, 0.29) is 6.04 Å². The van der Waals surface area contributed by atoms with Crippen molar-refractivity contribution < 1.29 is 13.2 Å². The fourth-order valence-corrected chi connectivity index (χ4v) is 4.24. The van der Waals surface area contributed by atoms with E-state index in [2.05, 4.69) is 9.62 Å². The van der Waals surface area contributed by atoms with Crippen LogP contribution in [-0.4, -0.2) is 49.7 Å². The molecule has 0 unspecified atom stereocenters. The highest BCUT2D eigenvalue weighted by Gasteiger charge is 2.32. The minimum absolute atomic E-state index is 0.0549. The second-order valence-corrected chi connectivity index (χ2v) is 9.18. The smallest absolute Gasteiger partial charge is 0.248 e. The lowest BCUT2D eigenvalue weighted by atomic mass is 10.0. The Labute approximate surface area is 164 Å². The van der Waals surface area contributed by atoms with Crippen molar-refractivity contribution in [3.8, 4) is 11.3 Å². The summed E-state index contributed by atoms with van der Waals surface area (Å²) in [5.41, 5.74) is 9.82. The third kappa shape index (κ3) is 3.72. The average Bonchev–Trinajstić information content (AvgIpc) is 3.08. The maximum absolute atomic E-state index is 11.4. The highest BCUT2D eigenvalue weighted by molar-refractivity contribution is 7.88. The van der Waals surface area contributed by atoms with Crippen molar-refractivity contribution in [2.45, 2.75) is 31.7 Å². The van der Waals surface area contributed by atoms with Gasteiger partial charge in [0.1, 0.15) is 0 Å². The van der Waals surface area contributed by atoms with Gasteiger partial charge in [-0.2, -0.15) is 0 Å². The number of rotatable bonds is 6. The number of amides is 1. The number of nitrogens with two attached hydrogens (primary N) is 1. The van der Waals surface area contributed by atoms with Crippen molar-refractivity contribution in [3.63, 3.8) is 0 Å². The van der Waals surface area contributed by atoms with E-state index in [1.165, 1.54) is 0 Å². The maximum atomic E-state index is 11.4. The molecular weight excluding hydrogens is 378 g/mol. The average molecular weight is 401 g/mol. The largest absolute Gasteiger partial charge is 0.366 e. The zero-order valence-corrected chi connectivity index (χ0v) is 16.5. The zero-order valence-electron chi connectivity index (χ0n) is 15.7. The molecule has 1 aromatic carbocycles. The summed E-state index contributed by atoms with van der Waals surface area (Å²) in [6, 6.07) is 7.21. The molecular formula is C19H23N5O3S. The van der Waals surface area contributed by atoms with Crippen LogP contribution in [0.5, 0.6) is 0 Å². The Hall–Kier alpha value is -2.52. The van der Waals surface area contributed by atoms with Crippen molar-refractivity contribution in [1.29, 1.82) is 0 Å². The molecule has 0 bridgehead atoms. The number of anilines is 1. The molecule has 1 aliphatic heterocycles. The van der Waals surface area contributed by atoms with Gasteiger partial charge in [-0.25, -0.2) is 23.1 Å². The number of fused-ring (bicyclic) bond motifs is 1. The number of hydrogen-bond acceptors (Lipinski definition) is 6. The van der Waals surface area contributed by atoms with Crippen LogP contribution >= 0.6 is 0 Å². The SMILES string of the molecule is CS(=O)(=O)NC[C@H]1CCN1c1nc2c(c(-c3ccc(C(N)=O)cc3)n1)CCC2. The summed E-state index contributed by atoms with van der Waals surface area (Å²) in [5, 5.41) is 0. The molecule has 2 aromatic rings. The molecule has 3 N–H and O–H groups in total. The molecule has 148 valence electrons. The van der Waals surface area contributed by atoms with Crippen LogP contribution in [-0.2, 0) is 22.9 Å². The minimum Gasteiger partial charge on any atom is -0.366 e. The Morgan fingerprint density at radius 3 is 2.61 bits per heavy atom. The number of benzene rings is 1. The Balaban J connectivity index is 1.65. The Morgan fingerprint density at radius 1 is 1.25 bits per heavy atom. The van der Waals surface area contributed by atoms with Gasteiger partial charge in [-0.3, -0.25) is 4.79 Å². The molecule has 0 spiro atoms. The Kier molecular flexibility index (Phi) is 4.80. The first-order valence-electron chi connectivity index (χ1n) is 9.33. The monoisotopic (exact) mass is 401 g/mol. The second-order valence-electron chi connectivity index (χ2n) is 7.35. The number of aryl methyl sites for hydroxylation is 1. The molecule has 1 saturated heterocycles. The minimum atomic E-state index is -3.23. The molecule has 1 amide bonds. The van der Waals surface area contributed by atoms with Crippen LogP contribution in [0.1, 0.15) is 34.5 Å². The molecule has 0 saturated carbocycles. The van der Waals surface area contributed by atoms with Gasteiger partial charge in [-0.1, -0.05) is 12.1 Å². The van der Waals surface area contributed by atoms with Crippen molar-refractivity contribution >= 4 is 21.9 Å². The molecule has 9 heteroatoms. The highest BCUT2D eigenvalue weighted by atomic mass is 32.2. The first-order valence-corrected chi connectivity index (χ1v) is 11.2. The summed E-state index contributed by atoms with van der Waals surface area (Å²) in [6.45, 7) is 1.15. The van der Waals surface area contributed by atoms with Gasteiger partial charge in [-0.15, -0.1) is 0 Å². The standard InChI is InChI=1S/C19H23N5O3S/c1-28(26,27)21-11-14-9-10-24(14)19-22-16-4-2-3-15(16)17(23-19)12-5-7-13(8-6-12)18(20)25/h5-8,14,21H,2-4,9-11H2,1H3,(H2,20,25)/t14-/m1/s1. The maximum Gasteiger partial charge on any atom is 0.248 e. The van der Waals surface area contributed by atoms with Gasteiger partial charge < -0.3 is 10.6 Å². The van der Waals surface area contributed by atoms with Crippen LogP contribution in [0, 0.1) is 0 Å². The van der Waals surface area contributed by atoms with E-state index in [4.69, 9.17) is 15.7 Å². The molecule has 0 radical (unpaired) electrons. The summed E-state index contributed by atoms with van der Waals surface area (Å²) in [5.74, 6) is 0.183. The lowest BCUT2D eigenvalue weighted by Crippen LogP contribution is -2.54. The van der Waals surface area contributed by atoms with Crippen LogP contribution in [0.3, 0.4) is 0 Å². The third-order valence-corrected chi connectivity index (χ3v) is 6.04. The molecule has 4 rings (SSSR count). The first kappa shape index (κ1) is 18.8. The summed E-state index contributed by atoms with van der Waals surface area (Å²) in [7, 11) is -3.23. The van der Waals surface area contributed by atoms with E-state index in [1.54, 1.807) is 12.1 Å². The summed E-state index contributed by atoms with van der Waals surface area (Å²) in [6.07, 6.45) is 4.94. The van der Waals surface area contributed by atoms with Crippen LogP contribution < -0.4 is 15.4 Å². The predicted molar refractivity (Wildman–Crippen MR) is 107 cm³/mol. The molecule has 1 atom stereocenters. The van der Waals surface area contributed by atoms with Crippen molar-refractivity contribution in [2.75, 3.05) is 24.2 Å². The number of hydrogen-bond donors (Lipinski definition) is 2. The molecule has 2 aliphatic rings. The predicted octanol–water partition coefficient (Wildman–Crippen LogP) is 0.859. The van der Waals surface area contributed by atoms with Gasteiger partial charge >= 0.3 is 0 Å². The summed E-state index contributed by atoms with van der Waals surface area (Å²) < 4.78 is 25.4. The molecule has 28 heavy (non-hydrogen) atoms. The number of aromatic nitrogens is 2. The zero-order chi connectivity index (χ0) is 19.9. The van der Waals surface area contributed by atoms with E-state index in [1.807, 2.05) is 12.1 Å². The van der Waals surface area contributed by atoms with E-state index in [0.29, 0.717) is 18.1 Å². The number of primary amides is 1. The number of carbonyl (C=O) groups is 1. The van der Waals surface area contributed by atoms with E-state index >= 15 is 0 Å². The number of carbonyl (C=O) groups excluding carboxylic acids is 1. The quantitative estimate of drug-likeness (QED) is 0.741. The van der Waals surface area contributed by atoms with Crippen LogP contribution in [0.25, 0.3) is 11.3 Å². The highest BCUT2D eigenvalue weighted by Crippen LogP contribution is 2.34. The molecule has 8 nitrogen and oxygen atoms in total. The van der Waals surface area contributed by atoms with E-state index in [9.17, 15) is 13.2 Å². The number of nitrogens with zero attached hydrogens (tertiary/aromatic N) is 3. The van der Waals surface area contributed by atoms with Crippen molar-refractivity contribution in [2.24, 2.45) is 5.73 Å². The van der Waals surface area contributed by atoms with Gasteiger partial charge in [0, 0.05) is 41.5 Å². The number of sulfonamides is 1. The van der Waals surface area contributed by atoms with Gasteiger partial charge in [0.05, 0.1) is 11.9 Å². The van der Waals surface area contributed by atoms with Gasteiger partial charge in [0.25, 0.3) is 0 Å².